The van der Waals surface area contributed by atoms with Gasteiger partial charge >= 0.3 is 0 Å². The zero-order chi connectivity index (χ0) is 25.5. The van der Waals surface area contributed by atoms with Crippen molar-refractivity contribution in [3.05, 3.63) is 95.6 Å². The number of piperidine rings is 1. The van der Waals surface area contributed by atoms with Gasteiger partial charge in [-0.05, 0) is 61.6 Å². The van der Waals surface area contributed by atoms with Gasteiger partial charge in [-0.25, -0.2) is 8.42 Å². The highest BCUT2D eigenvalue weighted by Crippen LogP contribution is 2.28. The van der Waals surface area contributed by atoms with Crippen LogP contribution in [0.3, 0.4) is 0 Å². The van der Waals surface area contributed by atoms with Crippen LogP contribution in [0.15, 0.2) is 83.8 Å². The quantitative estimate of drug-likeness (QED) is 0.409. The lowest BCUT2D eigenvalue weighted by Gasteiger charge is -2.34. The second kappa shape index (κ2) is 11.7. The molecule has 7 heteroatoms. The average molecular weight is 507 g/mol. The molecule has 1 amide bonds. The van der Waals surface area contributed by atoms with Crippen molar-refractivity contribution >= 4 is 15.9 Å². The van der Waals surface area contributed by atoms with Crippen LogP contribution in [0, 0.1) is 12.8 Å². The number of ether oxygens (including phenoxy) is 1. The Morgan fingerprint density at radius 3 is 2.14 bits per heavy atom. The predicted molar refractivity (Wildman–Crippen MR) is 141 cm³/mol. The summed E-state index contributed by atoms with van der Waals surface area (Å²) in [5, 5.41) is 0. The molecule has 190 valence electrons. The standard InChI is InChI=1S/C29H34N2O4S/c1-3-35-28-17-16-27(19-23(28)2)36(33,34)31-18-10-15-26(22-31)29(32)30(20-24-11-6-4-7-12-24)21-25-13-8-5-9-14-25/h4-9,11-14,16-17,19,26H,3,10,15,18,20-22H2,1-2H3/t26-/m1/s1. The molecule has 3 aromatic carbocycles. The monoisotopic (exact) mass is 506 g/mol. The second-order valence-corrected chi connectivity index (χ2v) is 11.2. The molecule has 1 atom stereocenters. The van der Waals surface area contributed by atoms with Crippen molar-refractivity contribution in [2.24, 2.45) is 5.92 Å². The molecule has 0 aliphatic carbocycles. The van der Waals surface area contributed by atoms with Gasteiger partial charge in [-0.1, -0.05) is 60.7 Å². The van der Waals surface area contributed by atoms with Gasteiger partial charge in [0, 0.05) is 26.2 Å². The number of rotatable bonds is 9. The lowest BCUT2D eigenvalue weighted by Crippen LogP contribution is -2.46. The molecule has 4 rings (SSSR count). The lowest BCUT2D eigenvalue weighted by atomic mass is 9.97. The number of sulfonamides is 1. The number of benzene rings is 3. The molecular weight excluding hydrogens is 472 g/mol. The maximum absolute atomic E-state index is 13.8. The van der Waals surface area contributed by atoms with Crippen LogP contribution in [-0.2, 0) is 27.9 Å². The zero-order valence-corrected chi connectivity index (χ0v) is 21.8. The Hall–Kier alpha value is -3.16. The third kappa shape index (κ3) is 6.15. The summed E-state index contributed by atoms with van der Waals surface area (Å²) in [5.74, 6) is 0.288. The van der Waals surface area contributed by atoms with Crippen molar-refractivity contribution in [2.75, 3.05) is 19.7 Å². The molecule has 1 heterocycles. The van der Waals surface area contributed by atoms with E-state index in [-0.39, 0.29) is 23.3 Å². The molecule has 36 heavy (non-hydrogen) atoms. The van der Waals surface area contributed by atoms with Crippen LogP contribution in [0.2, 0.25) is 0 Å². The minimum Gasteiger partial charge on any atom is -0.494 e. The van der Waals surface area contributed by atoms with E-state index in [1.807, 2.05) is 79.4 Å². The Morgan fingerprint density at radius 1 is 0.972 bits per heavy atom. The average Bonchev–Trinajstić information content (AvgIpc) is 2.90. The molecule has 0 spiro atoms. The van der Waals surface area contributed by atoms with Crippen molar-refractivity contribution in [3.8, 4) is 5.75 Å². The Balaban J connectivity index is 1.53. The van der Waals surface area contributed by atoms with Gasteiger partial charge in [0.1, 0.15) is 5.75 Å². The summed E-state index contributed by atoms with van der Waals surface area (Å²) < 4.78 is 34.0. The zero-order valence-electron chi connectivity index (χ0n) is 21.0. The molecule has 0 bridgehead atoms. The van der Waals surface area contributed by atoms with Crippen LogP contribution < -0.4 is 4.74 Å². The van der Waals surface area contributed by atoms with Gasteiger partial charge in [0.2, 0.25) is 15.9 Å². The van der Waals surface area contributed by atoms with Gasteiger partial charge in [-0.3, -0.25) is 4.79 Å². The van der Waals surface area contributed by atoms with Crippen LogP contribution in [0.5, 0.6) is 5.75 Å². The molecule has 1 aliphatic heterocycles. The smallest absolute Gasteiger partial charge is 0.243 e. The van der Waals surface area contributed by atoms with E-state index < -0.39 is 10.0 Å². The number of nitrogens with zero attached hydrogens (tertiary/aromatic N) is 2. The molecule has 3 aromatic rings. The largest absolute Gasteiger partial charge is 0.494 e. The van der Waals surface area contributed by atoms with Crippen molar-refractivity contribution < 1.29 is 17.9 Å². The minimum atomic E-state index is -3.72. The molecule has 1 saturated heterocycles. The van der Waals surface area contributed by atoms with E-state index in [0.29, 0.717) is 44.8 Å². The van der Waals surface area contributed by atoms with Gasteiger partial charge < -0.3 is 9.64 Å². The number of carbonyl (C=O) groups excluding carboxylic acids is 1. The first-order valence-electron chi connectivity index (χ1n) is 12.5. The highest BCUT2D eigenvalue weighted by Gasteiger charge is 2.35. The predicted octanol–water partition coefficient (Wildman–Crippen LogP) is 5.02. The molecule has 0 saturated carbocycles. The van der Waals surface area contributed by atoms with Crippen LogP contribution in [-0.4, -0.2) is 43.2 Å². The maximum Gasteiger partial charge on any atom is 0.243 e. The maximum atomic E-state index is 13.8. The van der Waals surface area contributed by atoms with Crippen molar-refractivity contribution in [2.45, 2.75) is 44.7 Å². The van der Waals surface area contributed by atoms with E-state index >= 15 is 0 Å². The Bertz CT molecular complexity index is 1220. The molecule has 0 aromatic heterocycles. The fraction of sp³-hybridized carbons (Fsp3) is 0.345. The Kier molecular flexibility index (Phi) is 8.44. The number of hydrogen-bond donors (Lipinski definition) is 0. The normalized spacial score (nSPS) is 16.4. The van der Waals surface area contributed by atoms with Crippen molar-refractivity contribution in [1.29, 1.82) is 0 Å². The summed E-state index contributed by atoms with van der Waals surface area (Å²) in [6, 6.07) is 24.8. The third-order valence-corrected chi connectivity index (χ3v) is 8.42. The fourth-order valence-electron chi connectivity index (χ4n) is 4.69. The summed E-state index contributed by atoms with van der Waals surface area (Å²) in [4.78, 5) is 15.9. The van der Waals surface area contributed by atoms with Crippen LogP contribution in [0.1, 0.15) is 36.5 Å². The molecule has 0 radical (unpaired) electrons. The number of aryl methyl sites for hydroxylation is 1. The highest BCUT2D eigenvalue weighted by molar-refractivity contribution is 7.89. The third-order valence-electron chi connectivity index (χ3n) is 6.56. The van der Waals surface area contributed by atoms with Crippen LogP contribution in [0.25, 0.3) is 0 Å². The van der Waals surface area contributed by atoms with Gasteiger partial charge in [0.25, 0.3) is 0 Å². The fourth-order valence-corrected chi connectivity index (χ4v) is 6.30. The van der Waals surface area contributed by atoms with Crippen molar-refractivity contribution in [3.63, 3.8) is 0 Å². The van der Waals surface area contributed by atoms with Crippen LogP contribution in [0.4, 0.5) is 0 Å². The van der Waals surface area contributed by atoms with E-state index in [1.165, 1.54) is 4.31 Å². The first kappa shape index (κ1) is 25.9. The van der Waals surface area contributed by atoms with E-state index in [4.69, 9.17) is 4.74 Å². The van der Waals surface area contributed by atoms with Crippen molar-refractivity contribution in [1.82, 2.24) is 9.21 Å². The Labute approximate surface area is 214 Å². The molecule has 6 nitrogen and oxygen atoms in total. The summed E-state index contributed by atoms with van der Waals surface area (Å²) >= 11 is 0. The summed E-state index contributed by atoms with van der Waals surface area (Å²) in [6.07, 6.45) is 1.32. The van der Waals surface area contributed by atoms with Gasteiger partial charge in [-0.15, -0.1) is 0 Å². The van der Waals surface area contributed by atoms with Gasteiger partial charge in [0.15, 0.2) is 0 Å². The first-order valence-corrected chi connectivity index (χ1v) is 13.9. The topological polar surface area (TPSA) is 66.9 Å². The first-order chi connectivity index (χ1) is 17.4. The number of carbonyl (C=O) groups is 1. The van der Waals surface area contributed by atoms with E-state index in [0.717, 1.165) is 16.7 Å². The number of amides is 1. The van der Waals surface area contributed by atoms with Gasteiger partial charge in [0.05, 0.1) is 17.4 Å². The number of hydrogen-bond acceptors (Lipinski definition) is 4. The lowest BCUT2D eigenvalue weighted by molar-refractivity contribution is -0.138. The summed E-state index contributed by atoms with van der Waals surface area (Å²) in [6.45, 7) is 5.83. The molecular formula is C29H34N2O4S. The molecule has 0 N–H and O–H groups in total. The second-order valence-electron chi connectivity index (χ2n) is 9.23. The van der Waals surface area contributed by atoms with Gasteiger partial charge in [-0.2, -0.15) is 4.31 Å². The molecule has 1 aliphatic rings. The van der Waals surface area contributed by atoms with E-state index in [1.54, 1.807) is 18.2 Å². The van der Waals surface area contributed by atoms with E-state index in [9.17, 15) is 13.2 Å². The summed E-state index contributed by atoms with van der Waals surface area (Å²) in [5.41, 5.74) is 2.87. The molecule has 1 fully saturated rings. The minimum absolute atomic E-state index is 0.00881. The summed E-state index contributed by atoms with van der Waals surface area (Å²) in [7, 11) is -3.72. The van der Waals surface area contributed by atoms with E-state index in [2.05, 4.69) is 0 Å². The SMILES string of the molecule is CCOc1ccc(S(=O)(=O)N2CCC[C@@H](C(=O)N(Cc3ccccc3)Cc3ccccc3)C2)cc1C. The van der Waals surface area contributed by atoms with Crippen LogP contribution >= 0.6 is 0 Å². The highest BCUT2D eigenvalue weighted by atomic mass is 32.2. The molecule has 0 unspecified atom stereocenters. The Morgan fingerprint density at radius 2 is 1.58 bits per heavy atom.